The van der Waals surface area contributed by atoms with Crippen molar-refractivity contribution in [1.82, 2.24) is 0 Å². The van der Waals surface area contributed by atoms with Crippen LogP contribution < -0.4 is 10.1 Å². The van der Waals surface area contributed by atoms with Crippen molar-refractivity contribution in [3.8, 4) is 5.75 Å². The summed E-state index contributed by atoms with van der Waals surface area (Å²) in [5, 5.41) is 3.63. The lowest BCUT2D eigenvalue weighted by molar-refractivity contribution is 0.288. The van der Waals surface area contributed by atoms with Gasteiger partial charge in [-0.15, -0.1) is 0 Å². The fourth-order valence-corrected chi connectivity index (χ4v) is 3.91. The largest absolute Gasteiger partial charge is 0.492 e. The second-order valence-electron chi connectivity index (χ2n) is 6.41. The topological polar surface area (TPSA) is 21.3 Å². The molecule has 2 aliphatic rings. The van der Waals surface area contributed by atoms with Crippen molar-refractivity contribution in [1.29, 1.82) is 0 Å². The third-order valence-corrected chi connectivity index (χ3v) is 4.88. The smallest absolute Gasteiger partial charge is 0.142 e. The molecule has 0 radical (unpaired) electrons. The summed E-state index contributed by atoms with van der Waals surface area (Å²) in [6.07, 6.45) is 9.92. The van der Waals surface area contributed by atoms with Crippen LogP contribution in [0.5, 0.6) is 5.75 Å². The number of rotatable bonds is 4. The van der Waals surface area contributed by atoms with Crippen molar-refractivity contribution in [3.05, 3.63) is 23.8 Å². The summed E-state index contributed by atoms with van der Waals surface area (Å²) >= 11 is 0. The lowest BCUT2D eigenvalue weighted by atomic mass is 9.80. The molecular weight excluding hydrogens is 246 g/mol. The first-order valence-electron chi connectivity index (χ1n) is 8.35. The van der Waals surface area contributed by atoms with Crippen molar-refractivity contribution in [2.24, 2.45) is 11.8 Å². The van der Waals surface area contributed by atoms with Crippen LogP contribution in [0.3, 0.4) is 0 Å². The maximum absolute atomic E-state index is 5.73. The Balaban J connectivity index is 1.64. The van der Waals surface area contributed by atoms with E-state index in [0.717, 1.165) is 30.7 Å². The minimum atomic E-state index is 0.740. The molecule has 1 atom stereocenters. The van der Waals surface area contributed by atoms with Gasteiger partial charge in [-0.2, -0.15) is 0 Å². The number of para-hydroxylation sites is 1. The molecule has 3 rings (SSSR count). The molecule has 1 aromatic carbocycles. The highest BCUT2D eigenvalue weighted by Crippen LogP contribution is 2.37. The third-order valence-electron chi connectivity index (χ3n) is 4.88. The highest BCUT2D eigenvalue weighted by atomic mass is 16.5. The molecule has 1 heterocycles. The average Bonchev–Trinajstić information content (AvgIpc) is 2.49. The fraction of sp³-hybridized carbons (Fsp3) is 0.667. The number of ether oxygens (including phenoxy) is 1. The van der Waals surface area contributed by atoms with E-state index in [-0.39, 0.29) is 0 Å². The van der Waals surface area contributed by atoms with Crippen LogP contribution >= 0.6 is 0 Å². The Morgan fingerprint density at radius 1 is 1.15 bits per heavy atom. The lowest BCUT2D eigenvalue weighted by Gasteiger charge is -2.31. The molecule has 1 aliphatic heterocycles. The number of anilines is 1. The van der Waals surface area contributed by atoms with Gasteiger partial charge in [-0.3, -0.25) is 0 Å². The van der Waals surface area contributed by atoms with E-state index in [1.165, 1.54) is 56.2 Å². The second-order valence-corrected chi connectivity index (χ2v) is 6.41. The van der Waals surface area contributed by atoms with Crippen LogP contribution in [0.2, 0.25) is 0 Å². The molecule has 2 heteroatoms. The fourth-order valence-electron chi connectivity index (χ4n) is 3.91. The van der Waals surface area contributed by atoms with Gasteiger partial charge >= 0.3 is 0 Å². The summed E-state index contributed by atoms with van der Waals surface area (Å²) in [6, 6.07) is 6.48. The van der Waals surface area contributed by atoms with E-state index in [1.54, 1.807) is 0 Å². The Hall–Kier alpha value is -1.18. The Morgan fingerprint density at radius 3 is 2.80 bits per heavy atom. The van der Waals surface area contributed by atoms with E-state index in [4.69, 9.17) is 4.74 Å². The molecule has 0 amide bonds. The predicted molar refractivity (Wildman–Crippen MR) is 84.5 cm³/mol. The van der Waals surface area contributed by atoms with Crippen molar-refractivity contribution >= 4 is 5.69 Å². The summed E-state index contributed by atoms with van der Waals surface area (Å²) in [5.41, 5.74) is 2.69. The first-order valence-corrected chi connectivity index (χ1v) is 8.35. The van der Waals surface area contributed by atoms with Crippen LogP contribution in [-0.2, 0) is 6.42 Å². The normalized spacial score (nSPS) is 22.9. The summed E-state index contributed by atoms with van der Waals surface area (Å²) in [5.74, 6) is 2.82. The molecule has 0 aromatic heterocycles. The summed E-state index contributed by atoms with van der Waals surface area (Å²) in [4.78, 5) is 0. The monoisotopic (exact) mass is 273 g/mol. The zero-order chi connectivity index (χ0) is 13.8. The Morgan fingerprint density at radius 2 is 2.00 bits per heavy atom. The molecule has 2 nitrogen and oxygen atoms in total. The Labute approximate surface area is 122 Å². The van der Waals surface area contributed by atoms with Gasteiger partial charge in [-0.1, -0.05) is 44.2 Å². The highest BCUT2D eigenvalue weighted by molar-refractivity contribution is 5.63. The van der Waals surface area contributed by atoms with E-state index >= 15 is 0 Å². The molecule has 0 saturated heterocycles. The van der Waals surface area contributed by atoms with Crippen molar-refractivity contribution in [2.75, 3.05) is 18.5 Å². The predicted octanol–water partition coefficient (Wildman–Crippen LogP) is 4.64. The van der Waals surface area contributed by atoms with Gasteiger partial charge in [0.15, 0.2) is 0 Å². The quantitative estimate of drug-likeness (QED) is 0.863. The molecule has 1 aliphatic carbocycles. The minimum Gasteiger partial charge on any atom is -0.492 e. The SMILES string of the molecule is CCOc1cccc2c1NCC(CC1CCCCC1)C2. The van der Waals surface area contributed by atoms with Crippen molar-refractivity contribution < 1.29 is 4.74 Å². The molecule has 20 heavy (non-hydrogen) atoms. The van der Waals surface area contributed by atoms with Crippen LogP contribution in [-0.4, -0.2) is 13.2 Å². The first-order chi connectivity index (χ1) is 9.86. The maximum Gasteiger partial charge on any atom is 0.142 e. The van der Waals surface area contributed by atoms with Crippen molar-refractivity contribution in [3.63, 3.8) is 0 Å². The van der Waals surface area contributed by atoms with Crippen LogP contribution in [0, 0.1) is 11.8 Å². The van der Waals surface area contributed by atoms with Gasteiger partial charge in [-0.25, -0.2) is 0 Å². The molecule has 1 fully saturated rings. The molecule has 1 aromatic rings. The maximum atomic E-state index is 5.73. The van der Waals surface area contributed by atoms with E-state index in [2.05, 4.69) is 23.5 Å². The van der Waals surface area contributed by atoms with E-state index in [1.807, 2.05) is 6.92 Å². The van der Waals surface area contributed by atoms with Gasteiger partial charge in [-0.05, 0) is 43.2 Å². The molecular formula is C18H27NO. The number of hydrogen-bond acceptors (Lipinski definition) is 2. The molecule has 0 bridgehead atoms. The van der Waals surface area contributed by atoms with Crippen LogP contribution in [0.1, 0.15) is 51.0 Å². The van der Waals surface area contributed by atoms with Crippen LogP contribution in [0.4, 0.5) is 5.69 Å². The van der Waals surface area contributed by atoms with E-state index < -0.39 is 0 Å². The van der Waals surface area contributed by atoms with Gasteiger partial charge in [0, 0.05) is 6.54 Å². The lowest BCUT2D eigenvalue weighted by Crippen LogP contribution is -2.26. The first kappa shape index (κ1) is 13.8. The van der Waals surface area contributed by atoms with Gasteiger partial charge in [0.25, 0.3) is 0 Å². The molecule has 1 unspecified atom stereocenters. The zero-order valence-corrected chi connectivity index (χ0v) is 12.7. The molecule has 0 spiro atoms. The Kier molecular flexibility index (Phi) is 4.49. The second kappa shape index (κ2) is 6.51. The van der Waals surface area contributed by atoms with E-state index in [9.17, 15) is 0 Å². The van der Waals surface area contributed by atoms with E-state index in [0.29, 0.717) is 0 Å². The van der Waals surface area contributed by atoms with Gasteiger partial charge in [0.05, 0.1) is 12.3 Å². The third kappa shape index (κ3) is 3.11. The highest BCUT2D eigenvalue weighted by Gasteiger charge is 2.24. The average molecular weight is 273 g/mol. The number of nitrogens with one attached hydrogen (secondary N) is 1. The van der Waals surface area contributed by atoms with Crippen molar-refractivity contribution in [2.45, 2.75) is 51.9 Å². The minimum absolute atomic E-state index is 0.740. The standard InChI is InChI=1S/C18H27NO/c1-2-20-17-10-6-9-16-12-15(13-19-18(16)17)11-14-7-4-3-5-8-14/h6,9-10,14-15,19H,2-5,7-8,11-13H2,1H3. The zero-order valence-electron chi connectivity index (χ0n) is 12.7. The summed E-state index contributed by atoms with van der Waals surface area (Å²) in [7, 11) is 0. The number of hydrogen-bond donors (Lipinski definition) is 1. The van der Waals surface area contributed by atoms with Crippen LogP contribution in [0.25, 0.3) is 0 Å². The van der Waals surface area contributed by atoms with Gasteiger partial charge in [0.1, 0.15) is 5.75 Å². The summed E-state index contributed by atoms with van der Waals surface area (Å²) < 4.78 is 5.73. The number of benzene rings is 1. The van der Waals surface area contributed by atoms with Gasteiger partial charge in [0.2, 0.25) is 0 Å². The van der Waals surface area contributed by atoms with Crippen LogP contribution in [0.15, 0.2) is 18.2 Å². The summed E-state index contributed by atoms with van der Waals surface area (Å²) in [6.45, 7) is 3.91. The molecule has 1 saturated carbocycles. The molecule has 110 valence electrons. The van der Waals surface area contributed by atoms with Gasteiger partial charge < -0.3 is 10.1 Å². The molecule has 1 N–H and O–H groups in total. The Bertz CT molecular complexity index is 437. The number of fused-ring (bicyclic) bond motifs is 1.